The van der Waals surface area contributed by atoms with E-state index in [2.05, 4.69) is 26.9 Å². The largest absolute Gasteiger partial charge is 0.457 e. The lowest BCUT2D eigenvalue weighted by Gasteiger charge is -2.36. The number of amidine groups is 1. The van der Waals surface area contributed by atoms with Crippen molar-refractivity contribution in [2.45, 2.75) is 0 Å². The summed E-state index contributed by atoms with van der Waals surface area (Å²) in [4.78, 5) is 32.3. The van der Waals surface area contributed by atoms with Crippen LogP contribution in [-0.2, 0) is 4.79 Å². The van der Waals surface area contributed by atoms with Crippen molar-refractivity contribution >= 4 is 40.3 Å². The molecule has 0 radical (unpaired) electrons. The number of furan rings is 1. The van der Waals surface area contributed by atoms with Gasteiger partial charge in [-0.05, 0) is 36.0 Å². The van der Waals surface area contributed by atoms with E-state index in [0.29, 0.717) is 27.2 Å². The molecule has 0 saturated carbocycles. The van der Waals surface area contributed by atoms with E-state index in [9.17, 15) is 14.9 Å². The molecule has 2 aliphatic rings. The van der Waals surface area contributed by atoms with Gasteiger partial charge in [-0.25, -0.2) is 0 Å². The van der Waals surface area contributed by atoms with E-state index in [-0.39, 0.29) is 11.6 Å². The van der Waals surface area contributed by atoms with E-state index in [0.717, 1.165) is 26.2 Å². The number of nitro groups is 1. The van der Waals surface area contributed by atoms with Gasteiger partial charge in [-0.2, -0.15) is 4.99 Å². The zero-order chi connectivity index (χ0) is 22.8. The number of nitrogens with zero attached hydrogens (tertiary/aromatic N) is 4. The number of rotatable bonds is 4. The minimum absolute atomic E-state index is 0.00395. The maximum atomic E-state index is 12.5. The third-order valence-electron chi connectivity index (χ3n) is 5.52. The molecule has 33 heavy (non-hydrogen) atoms. The van der Waals surface area contributed by atoms with Crippen molar-refractivity contribution in [3.63, 3.8) is 0 Å². The van der Waals surface area contributed by atoms with Crippen molar-refractivity contribution in [2.75, 3.05) is 31.1 Å². The Kier molecular flexibility index (Phi) is 5.70. The fourth-order valence-electron chi connectivity index (χ4n) is 3.82. The quantitative estimate of drug-likeness (QED) is 0.318. The number of benzene rings is 2. The van der Waals surface area contributed by atoms with E-state index in [1.54, 1.807) is 30.3 Å². The first-order chi connectivity index (χ1) is 16.1. The zero-order valence-electron chi connectivity index (χ0n) is 17.6. The molecule has 1 saturated heterocycles. The number of piperazine rings is 1. The van der Waals surface area contributed by atoms with Crippen LogP contribution in [0.2, 0.25) is 0 Å². The summed E-state index contributed by atoms with van der Waals surface area (Å²) in [5.41, 5.74) is 1.80. The summed E-state index contributed by atoms with van der Waals surface area (Å²) in [6.07, 6.45) is 1.67. The molecule has 2 aliphatic heterocycles. The van der Waals surface area contributed by atoms with Crippen LogP contribution in [0, 0.1) is 10.1 Å². The monoisotopic (exact) mass is 460 g/mol. The molecular formula is C24H20N4O4S. The van der Waals surface area contributed by atoms with Crippen molar-refractivity contribution in [2.24, 2.45) is 4.99 Å². The second kappa shape index (κ2) is 8.95. The summed E-state index contributed by atoms with van der Waals surface area (Å²) < 4.78 is 5.82. The van der Waals surface area contributed by atoms with E-state index >= 15 is 0 Å². The van der Waals surface area contributed by atoms with Gasteiger partial charge in [-0.15, -0.1) is 0 Å². The smallest absolute Gasteiger partial charge is 0.286 e. The fourth-order valence-corrected chi connectivity index (χ4v) is 4.76. The number of carbonyl (C=O) groups excluding carboxylic acids is 1. The molecule has 0 N–H and O–H groups in total. The minimum Gasteiger partial charge on any atom is -0.457 e. The van der Waals surface area contributed by atoms with Crippen molar-refractivity contribution in [3.05, 3.63) is 87.5 Å². The molecule has 166 valence electrons. The lowest BCUT2D eigenvalue weighted by molar-refractivity contribution is -0.384. The van der Waals surface area contributed by atoms with Gasteiger partial charge in [0.15, 0.2) is 5.17 Å². The van der Waals surface area contributed by atoms with Crippen LogP contribution in [0.15, 0.2) is 81.0 Å². The van der Waals surface area contributed by atoms with Crippen LogP contribution in [0.3, 0.4) is 0 Å². The maximum absolute atomic E-state index is 12.5. The number of carbonyl (C=O) groups is 1. The standard InChI is InChI=1S/C24H20N4O4S/c29-23-22(16-20-9-10-21(32-20)17-5-4-8-19(15-17)28(30)31)33-24(25-23)27-13-11-26(12-14-27)18-6-2-1-3-7-18/h1-10,15-16H,11-14H2/b22-16+. The lowest BCUT2D eigenvalue weighted by atomic mass is 10.1. The predicted octanol–water partition coefficient (Wildman–Crippen LogP) is 4.65. The molecule has 3 heterocycles. The highest BCUT2D eigenvalue weighted by Crippen LogP contribution is 2.33. The van der Waals surface area contributed by atoms with Crippen LogP contribution in [0.25, 0.3) is 17.4 Å². The van der Waals surface area contributed by atoms with Crippen LogP contribution in [-0.4, -0.2) is 47.1 Å². The minimum atomic E-state index is -0.443. The first-order valence-corrected chi connectivity index (χ1v) is 11.3. The van der Waals surface area contributed by atoms with Gasteiger partial charge in [0.1, 0.15) is 11.5 Å². The Hall–Kier alpha value is -3.85. The SMILES string of the molecule is O=C1N=C(N2CCN(c3ccccc3)CC2)S/C1=C/c1ccc(-c2cccc([N+](=O)[O-])c2)o1. The summed E-state index contributed by atoms with van der Waals surface area (Å²) in [5, 5.41) is 11.7. The molecule has 5 rings (SSSR count). The number of aliphatic imine (C=N–C) groups is 1. The molecular weight excluding hydrogens is 440 g/mol. The second-order valence-corrected chi connectivity index (χ2v) is 8.64. The molecule has 9 heteroatoms. The van der Waals surface area contributed by atoms with Crippen LogP contribution in [0.1, 0.15) is 5.76 Å². The fraction of sp³-hybridized carbons (Fsp3) is 0.167. The molecule has 0 unspecified atom stereocenters. The van der Waals surface area contributed by atoms with Crippen molar-refractivity contribution < 1.29 is 14.1 Å². The average molecular weight is 461 g/mol. The predicted molar refractivity (Wildman–Crippen MR) is 129 cm³/mol. The lowest BCUT2D eigenvalue weighted by Crippen LogP contribution is -2.47. The van der Waals surface area contributed by atoms with Crippen LogP contribution in [0.5, 0.6) is 0 Å². The molecule has 1 fully saturated rings. The highest BCUT2D eigenvalue weighted by molar-refractivity contribution is 8.18. The Bertz CT molecular complexity index is 1260. The number of non-ortho nitro benzene ring substituents is 1. The number of thioether (sulfide) groups is 1. The van der Waals surface area contributed by atoms with E-state index < -0.39 is 4.92 Å². The highest BCUT2D eigenvalue weighted by Gasteiger charge is 2.29. The van der Waals surface area contributed by atoms with Gasteiger partial charge in [0.05, 0.1) is 9.83 Å². The van der Waals surface area contributed by atoms with Crippen LogP contribution in [0.4, 0.5) is 11.4 Å². The summed E-state index contributed by atoms with van der Waals surface area (Å²) in [5.74, 6) is 0.714. The average Bonchev–Trinajstić information content (AvgIpc) is 3.47. The van der Waals surface area contributed by atoms with E-state index in [4.69, 9.17) is 4.42 Å². The first-order valence-electron chi connectivity index (χ1n) is 10.5. The van der Waals surface area contributed by atoms with Crippen LogP contribution >= 0.6 is 11.8 Å². The van der Waals surface area contributed by atoms with Gasteiger partial charge >= 0.3 is 0 Å². The zero-order valence-corrected chi connectivity index (χ0v) is 18.4. The van der Waals surface area contributed by atoms with Crippen molar-refractivity contribution in [1.29, 1.82) is 0 Å². The Morgan fingerprint density at radius 2 is 1.73 bits per heavy atom. The molecule has 3 aromatic rings. The number of para-hydroxylation sites is 1. The number of nitro benzene ring substituents is 1. The van der Waals surface area contributed by atoms with Gasteiger partial charge < -0.3 is 14.2 Å². The Balaban J connectivity index is 1.25. The van der Waals surface area contributed by atoms with Gasteiger partial charge in [0.2, 0.25) is 0 Å². The maximum Gasteiger partial charge on any atom is 0.286 e. The molecule has 0 spiro atoms. The Labute approximate surface area is 194 Å². The Morgan fingerprint density at radius 3 is 2.48 bits per heavy atom. The van der Waals surface area contributed by atoms with Gasteiger partial charge in [0, 0.05) is 55.6 Å². The molecule has 2 aromatic carbocycles. The molecule has 8 nitrogen and oxygen atoms in total. The topological polar surface area (TPSA) is 92.2 Å². The summed E-state index contributed by atoms with van der Waals surface area (Å²) in [6, 6.07) is 20.0. The van der Waals surface area contributed by atoms with Gasteiger partial charge in [-0.3, -0.25) is 14.9 Å². The number of hydrogen-bond acceptors (Lipinski definition) is 7. The van der Waals surface area contributed by atoms with Crippen LogP contribution < -0.4 is 4.90 Å². The summed E-state index contributed by atoms with van der Waals surface area (Å²) in [6.45, 7) is 3.31. The summed E-state index contributed by atoms with van der Waals surface area (Å²) >= 11 is 1.35. The normalized spacial score (nSPS) is 17.5. The third-order valence-corrected chi connectivity index (χ3v) is 6.57. The third kappa shape index (κ3) is 4.54. The van der Waals surface area contributed by atoms with E-state index in [1.165, 1.54) is 29.6 Å². The first kappa shape index (κ1) is 21.0. The van der Waals surface area contributed by atoms with Crippen molar-refractivity contribution in [3.8, 4) is 11.3 Å². The molecule has 0 aliphatic carbocycles. The van der Waals surface area contributed by atoms with Gasteiger partial charge in [0.25, 0.3) is 11.6 Å². The van der Waals surface area contributed by atoms with Gasteiger partial charge in [-0.1, -0.05) is 30.3 Å². The molecule has 1 amide bonds. The second-order valence-electron chi connectivity index (χ2n) is 7.63. The molecule has 1 aromatic heterocycles. The number of anilines is 1. The van der Waals surface area contributed by atoms with Crippen molar-refractivity contribution in [1.82, 2.24) is 4.90 Å². The number of hydrogen-bond donors (Lipinski definition) is 0. The number of amides is 1. The molecule has 0 bridgehead atoms. The summed E-state index contributed by atoms with van der Waals surface area (Å²) in [7, 11) is 0. The molecule has 0 atom stereocenters. The van der Waals surface area contributed by atoms with E-state index in [1.807, 2.05) is 18.2 Å². The highest BCUT2D eigenvalue weighted by atomic mass is 32.2. The Morgan fingerprint density at radius 1 is 0.970 bits per heavy atom.